The lowest BCUT2D eigenvalue weighted by Gasteiger charge is -2.20. The quantitative estimate of drug-likeness (QED) is 0.754. The molecule has 1 aliphatic rings. The smallest absolute Gasteiger partial charge is 0.160 e. The molecule has 0 spiro atoms. The molecule has 0 aliphatic carbocycles. The predicted octanol–water partition coefficient (Wildman–Crippen LogP) is 1.52. The summed E-state index contributed by atoms with van der Waals surface area (Å²) in [4.78, 5) is 13.4. The number of rotatable bonds is 2. The maximum atomic E-state index is 10.5. The van der Waals surface area contributed by atoms with Crippen LogP contribution < -0.4 is 4.90 Å². The van der Waals surface area contributed by atoms with Crippen molar-refractivity contribution in [3.8, 4) is 0 Å². The maximum Gasteiger partial charge on any atom is 0.160 e. The first-order valence-corrected chi connectivity index (χ1v) is 5.52. The van der Waals surface area contributed by atoms with Gasteiger partial charge in [0.1, 0.15) is 0 Å². The van der Waals surface area contributed by atoms with Crippen LogP contribution in [0.4, 0.5) is 5.00 Å². The highest BCUT2D eigenvalue weighted by atomic mass is 32.1. The molecule has 1 saturated heterocycles. The van der Waals surface area contributed by atoms with E-state index in [9.17, 15) is 9.90 Å². The van der Waals surface area contributed by atoms with E-state index in [1.165, 1.54) is 11.3 Å². The summed E-state index contributed by atoms with van der Waals surface area (Å²) >= 11 is 1.48. The van der Waals surface area contributed by atoms with Crippen LogP contribution in [0.3, 0.4) is 0 Å². The third kappa shape index (κ3) is 1.67. The molecule has 1 aromatic heterocycles. The molecule has 2 unspecified atom stereocenters. The largest absolute Gasteiger partial charge is 0.391 e. The van der Waals surface area contributed by atoms with Crippen molar-refractivity contribution in [2.45, 2.75) is 25.5 Å². The fraction of sp³-hybridized carbons (Fsp3) is 0.500. The van der Waals surface area contributed by atoms with Gasteiger partial charge in [0, 0.05) is 12.6 Å². The number of carbonyl (C=O) groups is 1. The van der Waals surface area contributed by atoms with Crippen LogP contribution >= 0.6 is 11.3 Å². The van der Waals surface area contributed by atoms with Crippen molar-refractivity contribution in [3.63, 3.8) is 0 Å². The number of hydrogen-bond acceptors (Lipinski definition) is 4. The monoisotopic (exact) mass is 211 g/mol. The minimum Gasteiger partial charge on any atom is -0.391 e. The number of aliphatic hydroxyl groups excluding tert-OH is 1. The minimum absolute atomic E-state index is 0.230. The van der Waals surface area contributed by atoms with Crippen molar-refractivity contribution in [1.82, 2.24) is 0 Å². The second-order valence-electron chi connectivity index (χ2n) is 3.68. The number of carbonyl (C=O) groups excluding carboxylic acids is 1. The van der Waals surface area contributed by atoms with E-state index in [1.807, 2.05) is 12.1 Å². The number of hydrogen-bond donors (Lipinski definition) is 1. The highest BCUT2D eigenvalue weighted by molar-refractivity contribution is 7.17. The number of aldehydes is 1. The van der Waals surface area contributed by atoms with Crippen LogP contribution in [0.5, 0.6) is 0 Å². The van der Waals surface area contributed by atoms with Crippen molar-refractivity contribution in [2.75, 3.05) is 11.4 Å². The molecule has 3 nitrogen and oxygen atoms in total. The predicted molar refractivity (Wildman–Crippen MR) is 57.1 cm³/mol. The number of nitrogens with zero attached hydrogens (tertiary/aromatic N) is 1. The molecular formula is C10H13NO2S. The molecule has 1 aromatic rings. The second kappa shape index (κ2) is 3.71. The molecule has 2 heterocycles. The molecule has 14 heavy (non-hydrogen) atoms. The molecule has 0 amide bonds. The molecule has 1 fully saturated rings. The first-order valence-electron chi connectivity index (χ1n) is 4.70. The zero-order chi connectivity index (χ0) is 10.1. The number of anilines is 1. The highest BCUT2D eigenvalue weighted by Gasteiger charge is 2.28. The van der Waals surface area contributed by atoms with Gasteiger partial charge in [-0.25, -0.2) is 0 Å². The van der Waals surface area contributed by atoms with Gasteiger partial charge >= 0.3 is 0 Å². The Bertz CT molecular complexity index is 337. The van der Waals surface area contributed by atoms with Crippen LogP contribution in [0.1, 0.15) is 23.0 Å². The molecule has 0 bridgehead atoms. The summed E-state index contributed by atoms with van der Waals surface area (Å²) in [5, 5.41) is 10.6. The number of aliphatic hydroxyl groups is 1. The van der Waals surface area contributed by atoms with Gasteiger partial charge in [-0.05, 0) is 25.5 Å². The standard InChI is InChI=1S/C10H13NO2S/c1-7-4-8(13)5-11(7)10-3-2-9(6-12)14-10/h2-3,6-8,13H,4-5H2,1H3. The SMILES string of the molecule is CC1CC(O)CN1c1ccc(C=O)s1. The Hall–Kier alpha value is -0.870. The summed E-state index contributed by atoms with van der Waals surface area (Å²) in [6, 6.07) is 4.14. The van der Waals surface area contributed by atoms with Crippen LogP contribution in [0.2, 0.25) is 0 Å². The minimum atomic E-state index is -0.230. The first kappa shape index (κ1) is 9.68. The summed E-state index contributed by atoms with van der Waals surface area (Å²) in [6.07, 6.45) is 1.45. The van der Waals surface area contributed by atoms with Gasteiger partial charge in [0.15, 0.2) is 6.29 Å². The zero-order valence-corrected chi connectivity index (χ0v) is 8.83. The Morgan fingerprint density at radius 1 is 1.64 bits per heavy atom. The van der Waals surface area contributed by atoms with E-state index in [1.54, 1.807) is 0 Å². The molecule has 76 valence electrons. The summed E-state index contributed by atoms with van der Waals surface area (Å²) in [7, 11) is 0. The van der Waals surface area contributed by atoms with Gasteiger partial charge in [-0.2, -0.15) is 0 Å². The molecule has 0 radical (unpaired) electrons. The van der Waals surface area contributed by atoms with Crippen molar-refractivity contribution in [1.29, 1.82) is 0 Å². The van der Waals surface area contributed by atoms with Gasteiger partial charge < -0.3 is 10.0 Å². The third-order valence-corrected chi connectivity index (χ3v) is 3.61. The van der Waals surface area contributed by atoms with Gasteiger partial charge in [0.05, 0.1) is 16.0 Å². The van der Waals surface area contributed by atoms with E-state index in [0.29, 0.717) is 12.6 Å². The summed E-state index contributed by atoms with van der Waals surface area (Å²) in [6.45, 7) is 2.77. The molecular weight excluding hydrogens is 198 g/mol. The van der Waals surface area contributed by atoms with E-state index < -0.39 is 0 Å². The lowest BCUT2D eigenvalue weighted by atomic mass is 10.2. The first-order chi connectivity index (χ1) is 6.70. The van der Waals surface area contributed by atoms with Gasteiger partial charge in [0.25, 0.3) is 0 Å². The van der Waals surface area contributed by atoms with Crippen LogP contribution in [0.25, 0.3) is 0 Å². The number of β-amino-alcohol motifs (C(OH)–C–C–N with tert-alkyl or cyclic N) is 1. The van der Waals surface area contributed by atoms with Crippen LogP contribution in [-0.4, -0.2) is 30.1 Å². The Morgan fingerprint density at radius 3 is 2.93 bits per heavy atom. The van der Waals surface area contributed by atoms with E-state index in [-0.39, 0.29) is 6.10 Å². The Labute approximate surface area is 87.0 Å². The third-order valence-electron chi connectivity index (χ3n) is 2.56. The fourth-order valence-electron chi connectivity index (χ4n) is 1.87. The zero-order valence-electron chi connectivity index (χ0n) is 8.01. The van der Waals surface area contributed by atoms with Crippen molar-refractivity contribution < 1.29 is 9.90 Å². The van der Waals surface area contributed by atoms with Gasteiger partial charge in [-0.15, -0.1) is 11.3 Å². The highest BCUT2D eigenvalue weighted by Crippen LogP contribution is 2.31. The maximum absolute atomic E-state index is 10.5. The summed E-state index contributed by atoms with van der Waals surface area (Å²) in [5.74, 6) is 0. The molecule has 4 heteroatoms. The normalized spacial score (nSPS) is 26.9. The van der Waals surface area contributed by atoms with E-state index in [4.69, 9.17) is 0 Å². The Kier molecular flexibility index (Phi) is 2.56. The molecule has 0 aromatic carbocycles. The van der Waals surface area contributed by atoms with Crippen molar-refractivity contribution >= 4 is 22.6 Å². The van der Waals surface area contributed by atoms with Gasteiger partial charge in [-0.1, -0.05) is 0 Å². The second-order valence-corrected chi connectivity index (χ2v) is 4.78. The van der Waals surface area contributed by atoms with E-state index in [0.717, 1.165) is 22.6 Å². The molecule has 2 atom stereocenters. The van der Waals surface area contributed by atoms with Crippen molar-refractivity contribution in [2.24, 2.45) is 0 Å². The average molecular weight is 211 g/mol. The van der Waals surface area contributed by atoms with Crippen molar-refractivity contribution in [3.05, 3.63) is 17.0 Å². The summed E-state index contributed by atoms with van der Waals surface area (Å²) in [5.41, 5.74) is 0. The lowest BCUT2D eigenvalue weighted by molar-refractivity contribution is 0.112. The number of thiophene rings is 1. The summed E-state index contributed by atoms with van der Waals surface area (Å²) < 4.78 is 0. The van der Waals surface area contributed by atoms with E-state index in [2.05, 4.69) is 11.8 Å². The molecule has 0 saturated carbocycles. The molecule has 1 N–H and O–H groups in total. The van der Waals surface area contributed by atoms with Crippen LogP contribution in [-0.2, 0) is 0 Å². The molecule has 1 aliphatic heterocycles. The van der Waals surface area contributed by atoms with Crippen LogP contribution in [0.15, 0.2) is 12.1 Å². The van der Waals surface area contributed by atoms with Crippen LogP contribution in [0, 0.1) is 0 Å². The molecule has 2 rings (SSSR count). The Balaban J connectivity index is 2.18. The lowest BCUT2D eigenvalue weighted by Crippen LogP contribution is -2.26. The fourth-order valence-corrected chi connectivity index (χ4v) is 2.80. The topological polar surface area (TPSA) is 40.5 Å². The average Bonchev–Trinajstić information content (AvgIpc) is 2.71. The Morgan fingerprint density at radius 2 is 2.43 bits per heavy atom. The van der Waals surface area contributed by atoms with Gasteiger partial charge in [-0.3, -0.25) is 4.79 Å². The van der Waals surface area contributed by atoms with E-state index >= 15 is 0 Å². The van der Waals surface area contributed by atoms with Gasteiger partial charge in [0.2, 0.25) is 0 Å².